The van der Waals surface area contributed by atoms with Crippen molar-refractivity contribution in [1.82, 2.24) is 0 Å². The maximum absolute atomic E-state index is 9.31. The Balaban J connectivity index is 2.23. The average molecular weight is 507 g/mol. The molecule has 0 atom stereocenters. The van der Waals surface area contributed by atoms with Crippen LogP contribution in [0.1, 0.15) is 128 Å². The highest BCUT2D eigenvalue weighted by molar-refractivity contribution is 5.45. The maximum atomic E-state index is 9.31. The summed E-state index contributed by atoms with van der Waals surface area (Å²) in [6.07, 6.45) is 13.7. The summed E-state index contributed by atoms with van der Waals surface area (Å²) in [7, 11) is 0. The topological polar surface area (TPSA) is 69.9 Å². The lowest BCUT2D eigenvalue weighted by Gasteiger charge is -2.31. The molecule has 0 aliphatic rings. The Bertz CT molecular complexity index is 679. The van der Waals surface area contributed by atoms with E-state index in [-0.39, 0.29) is 37.3 Å². The predicted molar refractivity (Wildman–Crippen MR) is 153 cm³/mol. The first kappa shape index (κ1) is 33.1. The molecule has 0 unspecified atom stereocenters. The Kier molecular flexibility index (Phi) is 14.8. The predicted octanol–water partition coefficient (Wildman–Crippen LogP) is 7.01. The van der Waals surface area contributed by atoms with E-state index < -0.39 is 5.41 Å². The first-order chi connectivity index (χ1) is 16.9. The van der Waals surface area contributed by atoms with Gasteiger partial charge >= 0.3 is 0 Å². The SMILES string of the molecule is Cc1cc(C(C)(C)C)c(CCCCCCCCCCCCOCC(CO)(CO)CO)c(C(C)(C)C)c1. The van der Waals surface area contributed by atoms with Crippen molar-refractivity contribution < 1.29 is 20.1 Å². The zero-order chi connectivity index (χ0) is 27.2. The molecule has 0 spiro atoms. The number of aliphatic hydroxyl groups is 3. The lowest BCUT2D eigenvalue weighted by atomic mass is 9.74. The number of ether oxygens (including phenoxy) is 1. The van der Waals surface area contributed by atoms with Crippen LogP contribution in [0.2, 0.25) is 0 Å². The molecule has 0 fully saturated rings. The van der Waals surface area contributed by atoms with Crippen molar-refractivity contribution in [3.8, 4) is 0 Å². The van der Waals surface area contributed by atoms with Gasteiger partial charge in [-0.05, 0) is 53.7 Å². The number of benzene rings is 1. The molecule has 0 aromatic heterocycles. The van der Waals surface area contributed by atoms with Gasteiger partial charge in [0, 0.05) is 6.61 Å². The van der Waals surface area contributed by atoms with E-state index in [1.165, 1.54) is 74.5 Å². The standard InChI is InChI=1S/C32H58O4/c1-26-20-28(30(2,3)4)27(29(21-26)31(5,6)7)18-16-14-12-10-8-9-11-13-15-17-19-36-25-32(22-33,23-34)24-35/h20-21,33-35H,8-19,22-25H2,1-7H3. The largest absolute Gasteiger partial charge is 0.396 e. The molecular formula is C32H58O4. The van der Waals surface area contributed by atoms with Crippen LogP contribution >= 0.6 is 0 Å². The van der Waals surface area contributed by atoms with Crippen molar-refractivity contribution >= 4 is 0 Å². The van der Waals surface area contributed by atoms with Crippen molar-refractivity contribution in [1.29, 1.82) is 0 Å². The van der Waals surface area contributed by atoms with Gasteiger partial charge in [-0.25, -0.2) is 0 Å². The Morgan fingerprint density at radius 2 is 1.00 bits per heavy atom. The van der Waals surface area contributed by atoms with Crippen LogP contribution < -0.4 is 0 Å². The summed E-state index contributed by atoms with van der Waals surface area (Å²) >= 11 is 0. The number of aliphatic hydroxyl groups excluding tert-OH is 3. The Hall–Kier alpha value is -0.940. The summed E-state index contributed by atoms with van der Waals surface area (Å²) in [5.41, 5.74) is 5.49. The number of rotatable bonds is 18. The van der Waals surface area contributed by atoms with E-state index in [0.29, 0.717) is 6.61 Å². The van der Waals surface area contributed by atoms with Crippen molar-refractivity contribution in [2.45, 2.75) is 130 Å². The molecule has 210 valence electrons. The zero-order valence-electron chi connectivity index (χ0n) is 24.7. The summed E-state index contributed by atoms with van der Waals surface area (Å²) in [6.45, 7) is 16.4. The zero-order valence-corrected chi connectivity index (χ0v) is 24.7. The van der Waals surface area contributed by atoms with Gasteiger partial charge in [-0.3, -0.25) is 0 Å². The second kappa shape index (κ2) is 16.1. The van der Waals surface area contributed by atoms with E-state index in [9.17, 15) is 15.3 Å². The fourth-order valence-corrected chi connectivity index (χ4v) is 4.92. The van der Waals surface area contributed by atoms with Crippen LogP contribution in [-0.2, 0) is 22.0 Å². The van der Waals surface area contributed by atoms with Gasteiger partial charge in [0.25, 0.3) is 0 Å². The summed E-state index contributed by atoms with van der Waals surface area (Å²) in [4.78, 5) is 0. The summed E-state index contributed by atoms with van der Waals surface area (Å²) in [5.74, 6) is 0. The summed E-state index contributed by atoms with van der Waals surface area (Å²) in [5, 5.41) is 27.9. The third-order valence-electron chi connectivity index (χ3n) is 7.39. The third kappa shape index (κ3) is 11.6. The van der Waals surface area contributed by atoms with Gasteiger partial charge in [0.1, 0.15) is 0 Å². The molecule has 0 saturated carbocycles. The van der Waals surface area contributed by atoms with Gasteiger partial charge in [0.15, 0.2) is 0 Å². The molecule has 0 aliphatic heterocycles. The number of hydrogen-bond acceptors (Lipinski definition) is 4. The number of hydrogen-bond donors (Lipinski definition) is 3. The maximum Gasteiger partial charge on any atom is 0.0629 e. The highest BCUT2D eigenvalue weighted by Crippen LogP contribution is 2.36. The normalized spacial score (nSPS) is 12.9. The van der Waals surface area contributed by atoms with Gasteiger partial charge in [-0.15, -0.1) is 0 Å². The van der Waals surface area contributed by atoms with Crippen molar-refractivity contribution in [2.75, 3.05) is 33.0 Å². The molecule has 4 nitrogen and oxygen atoms in total. The molecule has 0 amide bonds. The van der Waals surface area contributed by atoms with Gasteiger partial charge in [-0.2, -0.15) is 0 Å². The fourth-order valence-electron chi connectivity index (χ4n) is 4.92. The van der Waals surface area contributed by atoms with E-state index in [4.69, 9.17) is 4.74 Å². The molecule has 0 heterocycles. The van der Waals surface area contributed by atoms with Crippen molar-refractivity contribution in [2.24, 2.45) is 5.41 Å². The van der Waals surface area contributed by atoms with Crippen LogP contribution in [-0.4, -0.2) is 48.4 Å². The van der Waals surface area contributed by atoms with Gasteiger partial charge in [0.2, 0.25) is 0 Å². The lowest BCUT2D eigenvalue weighted by Crippen LogP contribution is -2.38. The molecule has 36 heavy (non-hydrogen) atoms. The summed E-state index contributed by atoms with van der Waals surface area (Å²) < 4.78 is 5.56. The molecule has 0 aliphatic carbocycles. The highest BCUT2D eigenvalue weighted by Gasteiger charge is 2.28. The minimum absolute atomic E-state index is 0.177. The second-order valence-corrected chi connectivity index (χ2v) is 13.2. The van der Waals surface area contributed by atoms with Crippen LogP contribution in [0.25, 0.3) is 0 Å². The first-order valence-electron chi connectivity index (χ1n) is 14.4. The molecule has 0 bridgehead atoms. The Morgan fingerprint density at radius 1 is 0.611 bits per heavy atom. The van der Waals surface area contributed by atoms with Crippen molar-refractivity contribution in [3.05, 3.63) is 34.4 Å². The van der Waals surface area contributed by atoms with E-state index in [1.54, 1.807) is 5.56 Å². The average Bonchev–Trinajstić information content (AvgIpc) is 2.81. The molecule has 1 rings (SSSR count). The van der Waals surface area contributed by atoms with Crippen LogP contribution in [0.4, 0.5) is 0 Å². The Morgan fingerprint density at radius 3 is 1.39 bits per heavy atom. The lowest BCUT2D eigenvalue weighted by molar-refractivity contribution is -0.0582. The van der Waals surface area contributed by atoms with Crippen LogP contribution in [0, 0.1) is 12.3 Å². The first-order valence-corrected chi connectivity index (χ1v) is 14.4. The molecule has 0 radical (unpaired) electrons. The van der Waals surface area contributed by atoms with Crippen LogP contribution in [0.5, 0.6) is 0 Å². The highest BCUT2D eigenvalue weighted by atomic mass is 16.5. The smallest absolute Gasteiger partial charge is 0.0629 e. The fraction of sp³-hybridized carbons (Fsp3) is 0.812. The van der Waals surface area contributed by atoms with Gasteiger partial charge < -0.3 is 20.1 Å². The minimum Gasteiger partial charge on any atom is -0.396 e. The van der Waals surface area contributed by atoms with E-state index in [2.05, 4.69) is 60.6 Å². The number of unbranched alkanes of at least 4 members (excludes halogenated alkanes) is 9. The van der Waals surface area contributed by atoms with E-state index in [0.717, 1.165) is 12.8 Å². The van der Waals surface area contributed by atoms with Crippen LogP contribution in [0.3, 0.4) is 0 Å². The molecule has 1 aromatic carbocycles. The van der Waals surface area contributed by atoms with Crippen molar-refractivity contribution in [3.63, 3.8) is 0 Å². The second-order valence-electron chi connectivity index (χ2n) is 13.2. The van der Waals surface area contributed by atoms with E-state index in [1.807, 2.05) is 0 Å². The van der Waals surface area contributed by atoms with E-state index >= 15 is 0 Å². The molecule has 1 aromatic rings. The third-order valence-corrected chi connectivity index (χ3v) is 7.39. The molecular weight excluding hydrogens is 448 g/mol. The molecule has 4 heteroatoms. The van der Waals surface area contributed by atoms with Gasteiger partial charge in [0.05, 0.1) is 31.8 Å². The van der Waals surface area contributed by atoms with Crippen LogP contribution in [0.15, 0.2) is 12.1 Å². The molecule has 0 saturated heterocycles. The summed E-state index contributed by atoms with van der Waals surface area (Å²) in [6, 6.07) is 4.84. The molecule has 3 N–H and O–H groups in total. The Labute approximate surface area is 222 Å². The quantitative estimate of drug-likeness (QED) is 0.187. The minimum atomic E-state index is -0.913. The monoisotopic (exact) mass is 506 g/mol. The van der Waals surface area contributed by atoms with Gasteiger partial charge in [-0.1, -0.05) is 111 Å². The number of aryl methyl sites for hydroxylation is 1.